The van der Waals surface area contributed by atoms with Gasteiger partial charge in [-0.05, 0) is 49.1 Å². The van der Waals surface area contributed by atoms with Gasteiger partial charge >= 0.3 is 0 Å². The highest BCUT2D eigenvalue weighted by Crippen LogP contribution is 2.53. The maximum atomic E-state index is 12.6. The van der Waals surface area contributed by atoms with E-state index >= 15 is 0 Å². The van der Waals surface area contributed by atoms with E-state index in [1.165, 1.54) is 29.1 Å². The van der Waals surface area contributed by atoms with Crippen LogP contribution in [0.4, 0.5) is 0 Å². The van der Waals surface area contributed by atoms with Crippen LogP contribution in [0.5, 0.6) is 0 Å². The van der Waals surface area contributed by atoms with Crippen LogP contribution in [0, 0.1) is 0 Å². The lowest BCUT2D eigenvalue weighted by molar-refractivity contribution is 0.161. The highest BCUT2D eigenvalue weighted by molar-refractivity contribution is 7.89. The van der Waals surface area contributed by atoms with Crippen LogP contribution >= 0.6 is 11.6 Å². The number of nitrogens with zero attached hydrogens (tertiary/aromatic N) is 4. The molecule has 1 unspecified atom stereocenters. The van der Waals surface area contributed by atoms with Crippen molar-refractivity contribution in [2.24, 2.45) is 7.05 Å². The van der Waals surface area contributed by atoms with E-state index in [0.29, 0.717) is 5.82 Å². The Balaban J connectivity index is 1.43. The highest BCUT2D eigenvalue weighted by atomic mass is 35.5. The van der Waals surface area contributed by atoms with Gasteiger partial charge in [0.25, 0.3) is 0 Å². The number of rotatable bonds is 6. The van der Waals surface area contributed by atoms with Gasteiger partial charge in [-0.15, -0.1) is 0 Å². The normalized spacial score (nSPS) is 19.9. The minimum atomic E-state index is -3.68. The summed E-state index contributed by atoms with van der Waals surface area (Å²) in [4.78, 5) is 9.39. The van der Waals surface area contributed by atoms with Crippen molar-refractivity contribution >= 4 is 21.6 Å². The van der Waals surface area contributed by atoms with Crippen LogP contribution in [0.2, 0.25) is 5.02 Å². The average molecular weight is 473 g/mol. The molecule has 0 bridgehead atoms. The molecule has 0 radical (unpaired) electrons. The summed E-state index contributed by atoms with van der Waals surface area (Å²) in [5.41, 5.74) is 3.31. The maximum Gasteiger partial charge on any atom is 0.244 e. The fourth-order valence-electron chi connectivity index (χ4n) is 4.75. The van der Waals surface area contributed by atoms with Gasteiger partial charge in [-0.1, -0.05) is 30.2 Å². The van der Waals surface area contributed by atoms with Crippen molar-refractivity contribution in [1.29, 1.82) is 0 Å². The predicted molar refractivity (Wildman–Crippen MR) is 121 cm³/mol. The molecule has 0 spiro atoms. The third kappa shape index (κ3) is 3.83. The molecule has 1 atom stereocenters. The van der Waals surface area contributed by atoms with Gasteiger partial charge in [-0.2, -0.15) is 5.10 Å². The molecular weight excluding hydrogens is 448 g/mol. The van der Waals surface area contributed by atoms with Crippen molar-refractivity contribution in [3.8, 4) is 0 Å². The van der Waals surface area contributed by atoms with E-state index < -0.39 is 10.0 Å². The lowest BCUT2D eigenvalue weighted by Crippen LogP contribution is -2.49. The zero-order valence-electron chi connectivity index (χ0n) is 17.8. The summed E-state index contributed by atoms with van der Waals surface area (Å²) >= 11 is 6.13. The predicted octanol–water partition coefficient (Wildman–Crippen LogP) is 2.65. The van der Waals surface area contributed by atoms with Crippen molar-refractivity contribution < 1.29 is 8.42 Å². The quantitative estimate of drug-likeness (QED) is 0.572. The Hall–Kier alpha value is -2.33. The first-order valence-electron chi connectivity index (χ1n) is 10.7. The first-order chi connectivity index (χ1) is 15.4. The fraction of sp³-hybridized carbons (Fsp3) is 0.409. The Bertz CT molecular complexity index is 1240. The summed E-state index contributed by atoms with van der Waals surface area (Å²) in [5.74, 6) is 0.454. The second-order valence-electron chi connectivity index (χ2n) is 8.52. The summed E-state index contributed by atoms with van der Waals surface area (Å²) in [7, 11) is -2.01. The van der Waals surface area contributed by atoms with Crippen LogP contribution < -0.4 is 10.0 Å². The molecule has 3 aromatic rings. The second-order valence-corrected chi connectivity index (χ2v) is 10.7. The first-order valence-corrected chi connectivity index (χ1v) is 12.6. The molecule has 3 heterocycles. The van der Waals surface area contributed by atoms with E-state index in [2.05, 4.69) is 32.3 Å². The second kappa shape index (κ2) is 8.22. The van der Waals surface area contributed by atoms with Crippen molar-refractivity contribution in [3.63, 3.8) is 0 Å². The molecule has 5 rings (SSSR count). The number of hydrogen-bond donors (Lipinski definition) is 2. The van der Waals surface area contributed by atoms with E-state index in [9.17, 15) is 8.42 Å². The molecule has 2 N–H and O–H groups in total. The van der Waals surface area contributed by atoms with Crippen LogP contribution in [-0.2, 0) is 35.5 Å². The number of aromatic nitrogens is 4. The van der Waals surface area contributed by atoms with E-state index in [0.717, 1.165) is 42.1 Å². The van der Waals surface area contributed by atoms with Gasteiger partial charge in [0.15, 0.2) is 0 Å². The Morgan fingerprint density at radius 1 is 1.25 bits per heavy atom. The Labute approximate surface area is 192 Å². The van der Waals surface area contributed by atoms with E-state index in [4.69, 9.17) is 16.6 Å². The van der Waals surface area contributed by atoms with Gasteiger partial charge < -0.3 is 5.32 Å². The SMILES string of the molecule is Cn1cc(S(=O)(=O)NCc2ncc3c(n2)C(C2(c4ccc(Cl)cc4)CCC2)NCC3)cn1. The van der Waals surface area contributed by atoms with Gasteiger partial charge in [0, 0.05) is 29.9 Å². The first kappa shape index (κ1) is 21.5. The molecule has 2 aliphatic rings. The molecule has 0 saturated heterocycles. The monoisotopic (exact) mass is 472 g/mol. The highest BCUT2D eigenvalue weighted by Gasteiger charge is 2.48. The third-order valence-electron chi connectivity index (χ3n) is 6.59. The Morgan fingerprint density at radius 2 is 2.03 bits per heavy atom. The number of hydrogen-bond acceptors (Lipinski definition) is 6. The van der Waals surface area contributed by atoms with Crippen molar-refractivity contribution in [2.45, 2.75) is 48.6 Å². The fourth-order valence-corrected chi connectivity index (χ4v) is 5.84. The summed E-state index contributed by atoms with van der Waals surface area (Å²) in [6.45, 7) is 0.883. The largest absolute Gasteiger partial charge is 0.308 e. The zero-order chi connectivity index (χ0) is 22.3. The lowest BCUT2D eigenvalue weighted by atomic mass is 9.58. The van der Waals surface area contributed by atoms with Crippen LogP contribution in [0.1, 0.15) is 47.9 Å². The molecule has 8 nitrogen and oxygen atoms in total. The van der Waals surface area contributed by atoms with Crippen molar-refractivity contribution in [1.82, 2.24) is 29.8 Å². The molecule has 1 aliphatic carbocycles. The standard InChI is InChI=1S/C22H25ClN6O2S/c1-29-14-18(12-26-29)32(30,31)27-13-19-25-11-15-7-10-24-21(20(15)28-19)22(8-2-9-22)16-3-5-17(23)6-4-16/h3-6,11-12,14,21,24,27H,2,7-10,13H2,1H3. The van der Waals surface area contributed by atoms with Gasteiger partial charge in [0.2, 0.25) is 10.0 Å². The molecule has 2 aromatic heterocycles. The average Bonchev–Trinajstić information content (AvgIpc) is 3.20. The van der Waals surface area contributed by atoms with Gasteiger partial charge in [0.05, 0.1) is 24.5 Å². The number of aryl methyl sites for hydroxylation is 1. The number of nitrogens with one attached hydrogen (secondary N) is 2. The minimum absolute atomic E-state index is 0.0190. The molecule has 1 aliphatic heterocycles. The van der Waals surface area contributed by atoms with Gasteiger partial charge in [-0.25, -0.2) is 23.1 Å². The number of fused-ring (bicyclic) bond motifs is 1. The van der Waals surface area contributed by atoms with Crippen LogP contribution in [-0.4, -0.2) is 34.7 Å². The van der Waals surface area contributed by atoms with E-state index in [-0.39, 0.29) is 22.9 Å². The molecule has 32 heavy (non-hydrogen) atoms. The minimum Gasteiger partial charge on any atom is -0.308 e. The summed E-state index contributed by atoms with van der Waals surface area (Å²) in [5, 5.41) is 8.35. The van der Waals surface area contributed by atoms with E-state index in [1.54, 1.807) is 7.05 Å². The summed E-state index contributed by atoms with van der Waals surface area (Å²) in [6, 6.07) is 8.17. The maximum absolute atomic E-state index is 12.6. The van der Waals surface area contributed by atoms with Crippen LogP contribution in [0.25, 0.3) is 0 Å². The molecule has 10 heteroatoms. The molecular formula is C22H25ClN6O2S. The van der Waals surface area contributed by atoms with E-state index in [1.807, 2.05) is 18.3 Å². The lowest BCUT2D eigenvalue weighted by Gasteiger charge is -2.50. The summed E-state index contributed by atoms with van der Waals surface area (Å²) in [6.07, 6.45) is 8.78. The molecule has 1 fully saturated rings. The smallest absolute Gasteiger partial charge is 0.244 e. The Morgan fingerprint density at radius 3 is 2.69 bits per heavy atom. The van der Waals surface area contributed by atoms with Crippen LogP contribution in [0.3, 0.4) is 0 Å². The molecule has 1 saturated carbocycles. The third-order valence-corrected chi connectivity index (χ3v) is 8.20. The zero-order valence-corrected chi connectivity index (χ0v) is 19.3. The van der Waals surface area contributed by atoms with Crippen molar-refractivity contribution in [2.75, 3.05) is 6.54 Å². The Kier molecular flexibility index (Phi) is 5.53. The molecule has 1 aromatic carbocycles. The number of sulfonamides is 1. The number of benzene rings is 1. The van der Waals surface area contributed by atoms with Crippen LogP contribution in [0.15, 0.2) is 47.8 Å². The molecule has 168 valence electrons. The summed E-state index contributed by atoms with van der Waals surface area (Å²) < 4.78 is 29.2. The topological polar surface area (TPSA) is 102 Å². The molecule has 0 amide bonds. The number of halogens is 1. The van der Waals surface area contributed by atoms with Gasteiger partial charge in [0.1, 0.15) is 10.7 Å². The van der Waals surface area contributed by atoms with Crippen molar-refractivity contribution in [3.05, 3.63) is 70.5 Å². The van der Waals surface area contributed by atoms with Gasteiger partial charge in [-0.3, -0.25) is 4.68 Å².